The first kappa shape index (κ1) is 18.8. The highest BCUT2D eigenvalue weighted by Gasteiger charge is 2.30. The predicted octanol–water partition coefficient (Wildman–Crippen LogP) is 3.12. The lowest BCUT2D eigenvalue weighted by Crippen LogP contribution is -2.23. The molecule has 3 N–H and O–H groups in total. The van der Waals surface area contributed by atoms with Crippen LogP contribution in [0.5, 0.6) is 5.75 Å². The van der Waals surface area contributed by atoms with E-state index in [2.05, 4.69) is 15.0 Å². The quantitative estimate of drug-likeness (QED) is 0.604. The lowest BCUT2D eigenvalue weighted by atomic mass is 10.3. The summed E-state index contributed by atoms with van der Waals surface area (Å²) in [6.45, 7) is 0.246. The number of alkyl halides is 3. The van der Waals surface area contributed by atoms with Gasteiger partial charge in [0, 0.05) is 16.3 Å². The van der Waals surface area contributed by atoms with E-state index in [0.717, 1.165) is 12.1 Å². The van der Waals surface area contributed by atoms with E-state index < -0.39 is 17.2 Å². The van der Waals surface area contributed by atoms with Gasteiger partial charge in [-0.3, -0.25) is 9.20 Å². The predicted molar refractivity (Wildman–Crippen MR) is 91.0 cm³/mol. The third-order valence-electron chi connectivity index (χ3n) is 2.93. The number of nitrogens with zero attached hydrogens (tertiary/aromatic N) is 1. The highest BCUT2D eigenvalue weighted by atomic mass is 32.2. The Bertz CT molecular complexity index is 735. The molecule has 0 aliphatic heterocycles. The minimum atomic E-state index is -4.73. The number of rotatable bonds is 6. The molecule has 0 fully saturated rings. The largest absolute Gasteiger partial charge is 0.573 e. The van der Waals surface area contributed by atoms with E-state index in [4.69, 9.17) is 5.73 Å². The van der Waals surface area contributed by atoms with Crippen molar-refractivity contribution in [2.75, 3.05) is 17.6 Å². The van der Waals surface area contributed by atoms with Gasteiger partial charge < -0.3 is 15.8 Å². The molecule has 1 unspecified atom stereocenters. The van der Waals surface area contributed by atoms with Crippen molar-refractivity contribution in [3.8, 4) is 5.75 Å². The summed E-state index contributed by atoms with van der Waals surface area (Å²) in [7, 11) is -1.17. The molecule has 0 aliphatic rings. The highest BCUT2D eigenvalue weighted by molar-refractivity contribution is 7.85. The van der Waals surface area contributed by atoms with Crippen molar-refractivity contribution in [3.05, 3.63) is 54.6 Å². The summed E-state index contributed by atoms with van der Waals surface area (Å²) in [6.07, 6.45) is -4.73. The van der Waals surface area contributed by atoms with E-state index in [1.54, 1.807) is 24.3 Å². The Labute approximate surface area is 145 Å². The van der Waals surface area contributed by atoms with E-state index in [1.165, 1.54) is 12.1 Å². The van der Waals surface area contributed by atoms with Gasteiger partial charge in [0.15, 0.2) is 5.96 Å². The third-order valence-corrected chi connectivity index (χ3v) is 4.28. The standard InChI is InChI=1S/C16H16F3N3O2S/c17-16(18,19)24-13-8-6-12(7-9-13)22-15(20)21-10-11-25(23)14-4-2-1-3-5-14/h1-9H,10-11H2,(H3,20,21,22). The average molecular weight is 371 g/mol. The zero-order valence-electron chi connectivity index (χ0n) is 13.0. The average Bonchev–Trinajstić information content (AvgIpc) is 2.56. The van der Waals surface area contributed by atoms with Gasteiger partial charge in [-0.05, 0) is 36.4 Å². The molecule has 0 aliphatic carbocycles. The summed E-state index contributed by atoms with van der Waals surface area (Å²) in [5.41, 5.74) is 6.16. The molecule has 2 aromatic rings. The second-order valence-electron chi connectivity index (χ2n) is 4.83. The van der Waals surface area contributed by atoms with E-state index in [1.807, 2.05) is 6.07 Å². The molecule has 5 nitrogen and oxygen atoms in total. The number of hydrogen-bond acceptors (Lipinski definition) is 3. The van der Waals surface area contributed by atoms with Crippen molar-refractivity contribution < 1.29 is 22.1 Å². The number of nitrogens with two attached hydrogens (primary N) is 1. The van der Waals surface area contributed by atoms with Gasteiger partial charge in [0.1, 0.15) is 5.75 Å². The Balaban J connectivity index is 1.83. The van der Waals surface area contributed by atoms with Crippen LogP contribution in [-0.2, 0) is 10.8 Å². The van der Waals surface area contributed by atoms with E-state index in [9.17, 15) is 17.4 Å². The zero-order valence-corrected chi connectivity index (χ0v) is 13.8. The normalized spacial score (nSPS) is 13.3. The molecule has 9 heteroatoms. The summed E-state index contributed by atoms with van der Waals surface area (Å²) in [5.74, 6) is 0.0615. The number of benzene rings is 2. The van der Waals surface area contributed by atoms with Crippen molar-refractivity contribution in [2.24, 2.45) is 10.7 Å². The van der Waals surface area contributed by atoms with Crippen LogP contribution in [0.4, 0.5) is 18.9 Å². The van der Waals surface area contributed by atoms with Gasteiger partial charge in [-0.25, -0.2) is 0 Å². The van der Waals surface area contributed by atoms with Crippen molar-refractivity contribution >= 4 is 22.4 Å². The van der Waals surface area contributed by atoms with Gasteiger partial charge in [0.2, 0.25) is 0 Å². The number of aliphatic imine (C=N–C) groups is 1. The van der Waals surface area contributed by atoms with Gasteiger partial charge >= 0.3 is 6.36 Å². The SMILES string of the molecule is NC(=NCCS(=O)c1ccccc1)Nc1ccc(OC(F)(F)F)cc1. The first-order chi connectivity index (χ1) is 11.8. The Hall–Kier alpha value is -2.55. The fraction of sp³-hybridized carbons (Fsp3) is 0.188. The van der Waals surface area contributed by atoms with Crippen LogP contribution in [0.25, 0.3) is 0 Å². The third kappa shape index (κ3) is 6.84. The Kier molecular flexibility index (Phi) is 6.40. The number of nitrogens with one attached hydrogen (secondary N) is 1. The monoisotopic (exact) mass is 371 g/mol. The Morgan fingerprint density at radius 2 is 1.76 bits per heavy atom. The second kappa shape index (κ2) is 8.52. The molecule has 0 amide bonds. The van der Waals surface area contributed by atoms with Crippen LogP contribution in [0.15, 0.2) is 64.5 Å². The van der Waals surface area contributed by atoms with E-state index in [0.29, 0.717) is 16.3 Å². The molecule has 0 saturated carbocycles. The van der Waals surface area contributed by atoms with Crippen LogP contribution >= 0.6 is 0 Å². The Morgan fingerprint density at radius 1 is 1.12 bits per heavy atom. The number of ether oxygens (including phenoxy) is 1. The maximum absolute atomic E-state index is 12.1. The first-order valence-electron chi connectivity index (χ1n) is 7.20. The van der Waals surface area contributed by atoms with E-state index in [-0.39, 0.29) is 18.3 Å². The molecule has 134 valence electrons. The molecule has 0 heterocycles. The van der Waals surface area contributed by atoms with Crippen LogP contribution in [0.2, 0.25) is 0 Å². The molecule has 0 saturated heterocycles. The number of guanidine groups is 1. The summed E-state index contributed by atoms with van der Waals surface area (Å²) in [4.78, 5) is 4.76. The van der Waals surface area contributed by atoms with E-state index >= 15 is 0 Å². The molecule has 0 spiro atoms. The van der Waals surface area contributed by atoms with Gasteiger partial charge in [-0.15, -0.1) is 13.2 Å². The fourth-order valence-corrected chi connectivity index (χ4v) is 2.82. The summed E-state index contributed by atoms with van der Waals surface area (Å²) >= 11 is 0. The van der Waals surface area contributed by atoms with Crippen LogP contribution in [0.1, 0.15) is 0 Å². The maximum atomic E-state index is 12.1. The van der Waals surface area contributed by atoms with Gasteiger partial charge in [-0.1, -0.05) is 18.2 Å². The Morgan fingerprint density at radius 3 is 2.36 bits per heavy atom. The number of hydrogen-bond donors (Lipinski definition) is 2. The van der Waals surface area contributed by atoms with Crippen molar-refractivity contribution in [3.63, 3.8) is 0 Å². The molecule has 1 atom stereocenters. The molecular formula is C16H16F3N3O2S. The molecular weight excluding hydrogens is 355 g/mol. The van der Waals surface area contributed by atoms with Crippen molar-refractivity contribution in [2.45, 2.75) is 11.3 Å². The van der Waals surface area contributed by atoms with Gasteiger partial charge in [-0.2, -0.15) is 0 Å². The molecule has 0 bridgehead atoms. The smallest absolute Gasteiger partial charge is 0.406 e. The number of anilines is 1. The van der Waals surface area contributed by atoms with Crippen LogP contribution in [0.3, 0.4) is 0 Å². The minimum absolute atomic E-state index is 0.0783. The maximum Gasteiger partial charge on any atom is 0.573 e. The zero-order chi connectivity index (χ0) is 18.3. The molecule has 0 radical (unpaired) electrons. The second-order valence-corrected chi connectivity index (χ2v) is 6.40. The lowest BCUT2D eigenvalue weighted by molar-refractivity contribution is -0.274. The summed E-state index contributed by atoms with van der Waals surface area (Å²) in [6, 6.07) is 14.1. The van der Waals surface area contributed by atoms with Crippen LogP contribution in [0, 0.1) is 0 Å². The molecule has 25 heavy (non-hydrogen) atoms. The first-order valence-corrected chi connectivity index (χ1v) is 8.51. The van der Waals surface area contributed by atoms with Crippen LogP contribution < -0.4 is 15.8 Å². The minimum Gasteiger partial charge on any atom is -0.406 e. The summed E-state index contributed by atoms with van der Waals surface area (Å²) in [5, 5.41) is 2.74. The van der Waals surface area contributed by atoms with Crippen molar-refractivity contribution in [1.29, 1.82) is 0 Å². The lowest BCUT2D eigenvalue weighted by Gasteiger charge is -2.10. The van der Waals surface area contributed by atoms with Crippen molar-refractivity contribution in [1.82, 2.24) is 0 Å². The molecule has 0 aromatic heterocycles. The molecule has 2 aromatic carbocycles. The van der Waals surface area contributed by atoms with Gasteiger partial charge in [0.05, 0.1) is 17.3 Å². The summed E-state index contributed by atoms with van der Waals surface area (Å²) < 4.78 is 52.0. The topological polar surface area (TPSA) is 76.7 Å². The molecule has 2 rings (SSSR count). The number of halogens is 3. The van der Waals surface area contributed by atoms with Gasteiger partial charge in [0.25, 0.3) is 0 Å². The van der Waals surface area contributed by atoms with Crippen LogP contribution in [-0.4, -0.2) is 28.8 Å². The fourth-order valence-electron chi connectivity index (χ4n) is 1.87. The highest BCUT2D eigenvalue weighted by Crippen LogP contribution is 2.23.